The van der Waals surface area contributed by atoms with Gasteiger partial charge in [0.1, 0.15) is 5.75 Å². The van der Waals surface area contributed by atoms with E-state index in [0.717, 1.165) is 31.4 Å². The summed E-state index contributed by atoms with van der Waals surface area (Å²) in [6.07, 6.45) is 13.3. The maximum absolute atomic E-state index is 5.85. The lowest BCUT2D eigenvalue weighted by atomic mass is 9.87. The molecular weight excluding hydrogens is 621 g/mol. The van der Waals surface area contributed by atoms with Crippen LogP contribution in [0.5, 0.6) is 5.75 Å². The van der Waals surface area contributed by atoms with Gasteiger partial charge in [0, 0.05) is 0 Å². The molecule has 0 fully saturated rings. The van der Waals surface area contributed by atoms with E-state index in [1.165, 1.54) is 39.2 Å². The summed E-state index contributed by atoms with van der Waals surface area (Å²) < 4.78 is 12.9. The lowest BCUT2D eigenvalue weighted by Gasteiger charge is -2.27. The van der Waals surface area contributed by atoms with Crippen LogP contribution in [0.3, 0.4) is 0 Å². The van der Waals surface area contributed by atoms with E-state index in [1.807, 2.05) is 54.2 Å². The fourth-order valence-corrected chi connectivity index (χ4v) is 16.9. The SMILES string of the molecule is COc1cc2cc(c1)CC(C1SC(SC)=C(SC)S1)Cc1cccc(c1)CC(C1SC(SC)=C(SC)S1)C2. The van der Waals surface area contributed by atoms with Gasteiger partial charge in [0.05, 0.1) is 33.2 Å². The molecule has 4 bridgehead atoms. The molecule has 0 saturated carbocycles. The minimum absolute atomic E-state index is 0.543. The molecule has 1 nitrogen and oxygen atoms in total. The highest BCUT2D eigenvalue weighted by molar-refractivity contribution is 8.38. The first-order valence-corrected chi connectivity index (χ1v) is 21.0. The van der Waals surface area contributed by atoms with E-state index in [1.54, 1.807) is 0 Å². The Bertz CT molecular complexity index is 1090. The Hall–Kier alpha value is 0.520. The number of rotatable bonds is 7. The molecule has 0 aromatic heterocycles. The summed E-state index contributed by atoms with van der Waals surface area (Å²) in [5, 5.41) is 0. The third kappa shape index (κ3) is 7.11. The van der Waals surface area contributed by atoms with Gasteiger partial charge in [-0.05, 0) is 96.9 Å². The van der Waals surface area contributed by atoms with E-state index in [4.69, 9.17) is 4.74 Å². The van der Waals surface area contributed by atoms with Gasteiger partial charge in [0.15, 0.2) is 0 Å². The van der Waals surface area contributed by atoms with Crippen molar-refractivity contribution in [2.45, 2.75) is 34.8 Å². The van der Waals surface area contributed by atoms with Gasteiger partial charge in [-0.1, -0.05) is 30.3 Å². The molecule has 204 valence electrons. The molecule has 2 atom stereocenters. The fourth-order valence-electron chi connectivity index (χ4n) is 5.28. The second kappa shape index (κ2) is 14.1. The molecule has 3 aliphatic rings. The van der Waals surface area contributed by atoms with Crippen molar-refractivity contribution in [1.29, 1.82) is 0 Å². The molecule has 2 aromatic rings. The van der Waals surface area contributed by atoms with Gasteiger partial charge in [-0.2, -0.15) is 0 Å². The number of ether oxygens (including phenoxy) is 1. The summed E-state index contributed by atoms with van der Waals surface area (Å²) in [7, 11) is 1.82. The maximum atomic E-state index is 5.85. The first-order chi connectivity index (χ1) is 18.5. The Balaban J connectivity index is 1.48. The van der Waals surface area contributed by atoms with Crippen LogP contribution in [-0.2, 0) is 25.7 Å². The number of hydrogen-bond donors (Lipinski definition) is 0. The molecule has 0 spiro atoms. The van der Waals surface area contributed by atoms with Crippen molar-refractivity contribution in [1.82, 2.24) is 0 Å². The summed E-state index contributed by atoms with van der Waals surface area (Å²) in [5.41, 5.74) is 5.81. The van der Waals surface area contributed by atoms with Crippen molar-refractivity contribution >= 4 is 94.1 Å². The first-order valence-electron chi connectivity index (χ1n) is 12.6. The average molecular weight is 655 g/mol. The van der Waals surface area contributed by atoms with Crippen LogP contribution in [0.25, 0.3) is 0 Å². The molecular formula is C29H34OS8. The molecule has 5 rings (SSSR count). The van der Waals surface area contributed by atoms with Crippen LogP contribution in [0.15, 0.2) is 59.4 Å². The van der Waals surface area contributed by atoms with Crippen LogP contribution in [0.2, 0.25) is 0 Å². The largest absolute Gasteiger partial charge is 0.497 e. The standard InChI is InChI=1S/C29H34OS8/c1-30-23-15-19-10-20(16-23)14-22(25-37-28(33-4)29(34-5)38-25)12-18-8-6-7-17(9-18)11-21(13-19)24-35-26(31-2)27(32-3)36-24/h6-10,15-16,21-22,24-25H,11-14H2,1-5H3. The average Bonchev–Trinajstić information content (AvgIpc) is 3.56. The number of fused-ring (bicyclic) bond motifs is 4. The van der Waals surface area contributed by atoms with E-state index >= 15 is 0 Å². The predicted octanol–water partition coefficient (Wildman–Crippen LogP) is 10.1. The highest BCUT2D eigenvalue weighted by atomic mass is 32.3. The molecule has 9 heteroatoms. The topological polar surface area (TPSA) is 9.23 Å². The van der Waals surface area contributed by atoms with Crippen molar-refractivity contribution in [3.63, 3.8) is 0 Å². The van der Waals surface area contributed by atoms with Gasteiger partial charge in [-0.25, -0.2) is 0 Å². The second-order valence-electron chi connectivity index (χ2n) is 9.52. The minimum Gasteiger partial charge on any atom is -0.497 e. The Labute approximate surface area is 262 Å². The van der Waals surface area contributed by atoms with Crippen LogP contribution in [0.1, 0.15) is 22.3 Å². The van der Waals surface area contributed by atoms with Crippen LogP contribution >= 0.6 is 94.1 Å². The third-order valence-corrected chi connectivity index (χ3v) is 18.8. The van der Waals surface area contributed by atoms with Crippen LogP contribution < -0.4 is 4.74 Å². The van der Waals surface area contributed by atoms with E-state index < -0.39 is 0 Å². The zero-order valence-corrected chi connectivity index (χ0v) is 28.9. The van der Waals surface area contributed by atoms with Gasteiger partial charge in [0.2, 0.25) is 0 Å². The molecule has 2 unspecified atom stereocenters. The van der Waals surface area contributed by atoms with Crippen molar-refractivity contribution in [2.75, 3.05) is 32.1 Å². The number of methoxy groups -OCH3 is 1. The van der Waals surface area contributed by atoms with Crippen molar-refractivity contribution < 1.29 is 4.74 Å². The normalized spacial score (nSPS) is 23.1. The Morgan fingerprint density at radius 3 is 1.32 bits per heavy atom. The van der Waals surface area contributed by atoms with Gasteiger partial charge in [-0.15, -0.1) is 94.1 Å². The van der Waals surface area contributed by atoms with E-state index in [9.17, 15) is 0 Å². The molecule has 1 aliphatic carbocycles. The molecule has 0 N–H and O–H groups in total. The molecule has 0 radical (unpaired) electrons. The predicted molar refractivity (Wildman–Crippen MR) is 187 cm³/mol. The van der Waals surface area contributed by atoms with Crippen molar-refractivity contribution in [3.8, 4) is 5.75 Å². The Kier molecular flexibility index (Phi) is 11.1. The zero-order chi connectivity index (χ0) is 26.6. The maximum Gasteiger partial charge on any atom is 0.119 e. The second-order valence-corrected chi connectivity index (χ2v) is 19.0. The lowest BCUT2D eigenvalue weighted by Crippen LogP contribution is -2.21. The molecule has 0 saturated heterocycles. The van der Waals surface area contributed by atoms with Gasteiger partial charge >= 0.3 is 0 Å². The summed E-state index contributed by atoms with van der Waals surface area (Å²) in [5.74, 6) is 2.12. The minimum atomic E-state index is 0.543. The fraction of sp³-hybridized carbons (Fsp3) is 0.448. The van der Waals surface area contributed by atoms with Crippen LogP contribution in [0.4, 0.5) is 0 Å². The third-order valence-electron chi connectivity index (χ3n) is 6.98. The first kappa shape index (κ1) is 30.0. The lowest BCUT2D eigenvalue weighted by molar-refractivity contribution is 0.412. The summed E-state index contributed by atoms with van der Waals surface area (Å²) in [6.45, 7) is 0. The quantitative estimate of drug-likeness (QED) is 0.286. The van der Waals surface area contributed by atoms with Gasteiger partial charge < -0.3 is 4.74 Å². The number of benzene rings is 2. The Morgan fingerprint density at radius 2 is 0.947 bits per heavy atom. The summed E-state index contributed by atoms with van der Waals surface area (Å²) >= 11 is 16.0. The molecule has 2 aromatic carbocycles. The van der Waals surface area contributed by atoms with Gasteiger partial charge in [0.25, 0.3) is 0 Å². The smallest absolute Gasteiger partial charge is 0.119 e. The molecule has 38 heavy (non-hydrogen) atoms. The van der Waals surface area contributed by atoms with E-state index in [0.29, 0.717) is 21.0 Å². The monoisotopic (exact) mass is 654 g/mol. The van der Waals surface area contributed by atoms with Crippen molar-refractivity contribution in [3.05, 3.63) is 81.7 Å². The van der Waals surface area contributed by atoms with Crippen LogP contribution in [0, 0.1) is 11.8 Å². The molecule has 2 aliphatic heterocycles. The van der Waals surface area contributed by atoms with Crippen molar-refractivity contribution in [2.24, 2.45) is 11.8 Å². The number of thioether (sulfide) groups is 8. The van der Waals surface area contributed by atoms with Crippen LogP contribution in [-0.4, -0.2) is 41.3 Å². The summed E-state index contributed by atoms with van der Waals surface area (Å²) in [6, 6.07) is 16.6. The zero-order valence-electron chi connectivity index (χ0n) is 22.4. The molecule has 2 heterocycles. The highest BCUT2D eigenvalue weighted by Gasteiger charge is 2.35. The van der Waals surface area contributed by atoms with E-state index in [2.05, 4.69) is 115 Å². The highest BCUT2D eigenvalue weighted by Crippen LogP contribution is 2.58. The van der Waals surface area contributed by atoms with Gasteiger partial charge in [-0.3, -0.25) is 0 Å². The summed E-state index contributed by atoms with van der Waals surface area (Å²) in [4.78, 5) is 0. The Morgan fingerprint density at radius 1 is 0.579 bits per heavy atom. The van der Waals surface area contributed by atoms with E-state index in [-0.39, 0.29) is 0 Å². The molecule has 0 amide bonds. The number of hydrogen-bond acceptors (Lipinski definition) is 9.